The number of rotatable bonds is 15. The third kappa shape index (κ3) is 10.1. The molecule has 0 radical (unpaired) electrons. The number of alkyl carbamates (subject to hydrolysis) is 1. The van der Waals surface area contributed by atoms with Gasteiger partial charge in [-0.1, -0.05) is 42.5 Å². The summed E-state index contributed by atoms with van der Waals surface area (Å²) in [6.45, 7) is 7.71. The van der Waals surface area contributed by atoms with E-state index in [-0.39, 0.29) is 57.1 Å². The fraction of sp³-hybridized carbons (Fsp3) is 0.481. The summed E-state index contributed by atoms with van der Waals surface area (Å²) in [4.78, 5) is 51.5. The molecule has 3 atom stereocenters. The van der Waals surface area contributed by atoms with E-state index < -0.39 is 24.0 Å². The molecule has 0 saturated carbocycles. The first-order chi connectivity index (χ1) is 17.9. The Morgan fingerprint density at radius 3 is 2.51 bits per heavy atom. The standard InChI is InChI=1S/C27H37N3O7/c1-3-9-21(17-24(32)30-15-8-13-22(30)18-31)25(33)28-14-16-36-26(34)23(10-4-2)29-27(35)37-19-20-11-6-5-7-12-20/h3-7,11-12,21-23,31H,1-2,8-10,13-19H2,(H,28,33)(H,29,35)/t21-,22-,23+/m0/s1. The number of benzene rings is 1. The number of carbonyl (C=O) groups is 4. The van der Waals surface area contributed by atoms with Gasteiger partial charge in [-0.2, -0.15) is 0 Å². The zero-order valence-corrected chi connectivity index (χ0v) is 21.1. The van der Waals surface area contributed by atoms with Crippen LogP contribution in [-0.2, 0) is 30.5 Å². The Hall–Kier alpha value is -3.66. The number of likely N-dealkylation sites (tertiary alicyclic amines) is 1. The largest absolute Gasteiger partial charge is 0.462 e. The average molecular weight is 516 g/mol. The molecule has 0 aromatic heterocycles. The molecule has 1 aromatic rings. The van der Waals surface area contributed by atoms with Gasteiger partial charge in [0, 0.05) is 13.0 Å². The third-order valence-electron chi connectivity index (χ3n) is 5.99. The van der Waals surface area contributed by atoms with Gasteiger partial charge in [-0.05, 0) is 31.2 Å². The van der Waals surface area contributed by atoms with Gasteiger partial charge in [0.2, 0.25) is 11.8 Å². The monoisotopic (exact) mass is 515 g/mol. The van der Waals surface area contributed by atoms with E-state index >= 15 is 0 Å². The zero-order valence-electron chi connectivity index (χ0n) is 21.1. The van der Waals surface area contributed by atoms with E-state index in [0.717, 1.165) is 18.4 Å². The summed E-state index contributed by atoms with van der Waals surface area (Å²) >= 11 is 0. The smallest absolute Gasteiger partial charge is 0.408 e. The molecule has 0 spiro atoms. The predicted molar refractivity (Wildman–Crippen MR) is 137 cm³/mol. The highest BCUT2D eigenvalue weighted by molar-refractivity contribution is 5.86. The molecule has 0 unspecified atom stereocenters. The Bertz CT molecular complexity index is 922. The van der Waals surface area contributed by atoms with E-state index in [1.54, 1.807) is 11.0 Å². The summed E-state index contributed by atoms with van der Waals surface area (Å²) in [5, 5.41) is 14.6. The maximum atomic E-state index is 12.7. The Morgan fingerprint density at radius 1 is 1.11 bits per heavy atom. The van der Waals surface area contributed by atoms with Crippen molar-refractivity contribution < 1.29 is 33.8 Å². The van der Waals surface area contributed by atoms with Crippen LogP contribution in [0.1, 0.15) is 37.7 Å². The van der Waals surface area contributed by atoms with Gasteiger partial charge < -0.3 is 30.1 Å². The molecule has 202 valence electrons. The second-order valence-corrected chi connectivity index (χ2v) is 8.73. The highest BCUT2D eigenvalue weighted by atomic mass is 16.6. The van der Waals surface area contributed by atoms with E-state index in [4.69, 9.17) is 9.47 Å². The van der Waals surface area contributed by atoms with Crippen LogP contribution in [0.2, 0.25) is 0 Å². The average Bonchev–Trinajstić information content (AvgIpc) is 3.39. The number of ether oxygens (including phenoxy) is 2. The normalized spacial score (nSPS) is 16.2. The molecule has 3 N–H and O–H groups in total. The van der Waals surface area contributed by atoms with Crippen molar-refractivity contribution in [2.45, 2.75) is 50.8 Å². The van der Waals surface area contributed by atoms with E-state index in [2.05, 4.69) is 23.8 Å². The van der Waals surface area contributed by atoms with Crippen molar-refractivity contribution >= 4 is 23.9 Å². The van der Waals surface area contributed by atoms with Gasteiger partial charge >= 0.3 is 12.1 Å². The highest BCUT2D eigenvalue weighted by Gasteiger charge is 2.31. The SMILES string of the molecule is C=CC[C@@H](CC(=O)N1CCC[C@H]1CO)C(=O)NCCOC(=O)[C@@H](CC=C)NC(=O)OCc1ccccc1. The topological polar surface area (TPSA) is 134 Å². The van der Waals surface area contributed by atoms with Crippen molar-refractivity contribution in [3.8, 4) is 0 Å². The number of nitrogens with one attached hydrogen (secondary N) is 2. The van der Waals surface area contributed by atoms with E-state index in [1.807, 2.05) is 30.3 Å². The molecular weight excluding hydrogens is 478 g/mol. The van der Waals surface area contributed by atoms with Gasteiger partial charge in [0.25, 0.3) is 0 Å². The number of allylic oxidation sites excluding steroid dienone is 1. The van der Waals surface area contributed by atoms with Crippen LogP contribution in [0.25, 0.3) is 0 Å². The minimum Gasteiger partial charge on any atom is -0.462 e. The molecule has 1 saturated heterocycles. The highest BCUT2D eigenvalue weighted by Crippen LogP contribution is 2.20. The minimum absolute atomic E-state index is 0.00453. The van der Waals surface area contributed by atoms with Crippen LogP contribution in [-0.4, -0.2) is 72.3 Å². The van der Waals surface area contributed by atoms with Crippen LogP contribution in [0.3, 0.4) is 0 Å². The number of hydrogen-bond acceptors (Lipinski definition) is 7. The van der Waals surface area contributed by atoms with Crippen molar-refractivity contribution in [2.75, 3.05) is 26.3 Å². The number of esters is 1. The Kier molecular flexibility index (Phi) is 12.9. The van der Waals surface area contributed by atoms with Crippen LogP contribution in [0.15, 0.2) is 55.6 Å². The molecule has 0 aliphatic carbocycles. The third-order valence-corrected chi connectivity index (χ3v) is 5.99. The van der Waals surface area contributed by atoms with Gasteiger partial charge in [0.15, 0.2) is 0 Å². The lowest BCUT2D eigenvalue weighted by Gasteiger charge is -2.25. The summed E-state index contributed by atoms with van der Waals surface area (Å²) in [5.74, 6) is -1.83. The van der Waals surface area contributed by atoms with Crippen molar-refractivity contribution in [1.82, 2.24) is 15.5 Å². The number of carbonyl (C=O) groups excluding carboxylic acids is 4. The molecule has 1 aliphatic rings. The minimum atomic E-state index is -0.984. The molecule has 10 heteroatoms. The first kappa shape index (κ1) is 29.6. The Balaban J connectivity index is 1.76. The molecule has 37 heavy (non-hydrogen) atoms. The van der Waals surface area contributed by atoms with Crippen molar-refractivity contribution in [2.24, 2.45) is 5.92 Å². The van der Waals surface area contributed by atoms with Gasteiger partial charge in [0.1, 0.15) is 19.3 Å². The predicted octanol–water partition coefficient (Wildman–Crippen LogP) is 2.08. The van der Waals surface area contributed by atoms with Crippen LogP contribution >= 0.6 is 0 Å². The van der Waals surface area contributed by atoms with Gasteiger partial charge in [-0.3, -0.25) is 9.59 Å². The molecule has 0 bridgehead atoms. The van der Waals surface area contributed by atoms with E-state index in [9.17, 15) is 24.3 Å². The Morgan fingerprint density at radius 2 is 1.84 bits per heavy atom. The molecule has 1 aliphatic heterocycles. The Labute approximate surface area is 217 Å². The zero-order chi connectivity index (χ0) is 27.0. The van der Waals surface area contributed by atoms with Crippen molar-refractivity contribution in [3.05, 3.63) is 61.2 Å². The maximum Gasteiger partial charge on any atom is 0.408 e. The first-order valence-electron chi connectivity index (χ1n) is 12.4. The number of amides is 3. The summed E-state index contributed by atoms with van der Waals surface area (Å²) in [6.07, 6.45) is 4.32. The molecule has 3 amide bonds. The van der Waals surface area contributed by atoms with Crippen LogP contribution in [0.4, 0.5) is 4.79 Å². The number of hydrogen-bond donors (Lipinski definition) is 3. The number of aliphatic hydroxyl groups excluding tert-OH is 1. The van der Waals surface area contributed by atoms with Crippen LogP contribution in [0, 0.1) is 5.92 Å². The van der Waals surface area contributed by atoms with Crippen molar-refractivity contribution in [1.29, 1.82) is 0 Å². The first-order valence-corrected chi connectivity index (χ1v) is 12.4. The lowest BCUT2D eigenvalue weighted by atomic mass is 9.99. The van der Waals surface area contributed by atoms with E-state index in [0.29, 0.717) is 13.0 Å². The van der Waals surface area contributed by atoms with E-state index in [1.165, 1.54) is 6.08 Å². The lowest BCUT2D eigenvalue weighted by molar-refractivity contribution is -0.146. The summed E-state index contributed by atoms with van der Waals surface area (Å²) in [7, 11) is 0. The van der Waals surface area contributed by atoms with Crippen molar-refractivity contribution in [3.63, 3.8) is 0 Å². The molecule has 1 aromatic carbocycles. The van der Waals surface area contributed by atoms with Gasteiger partial charge in [0.05, 0.1) is 25.1 Å². The summed E-state index contributed by atoms with van der Waals surface area (Å²) < 4.78 is 10.3. The fourth-order valence-electron chi connectivity index (χ4n) is 4.02. The van der Waals surface area contributed by atoms with Gasteiger partial charge in [-0.15, -0.1) is 13.2 Å². The second kappa shape index (κ2) is 16.2. The fourth-order valence-corrected chi connectivity index (χ4v) is 4.02. The second-order valence-electron chi connectivity index (χ2n) is 8.73. The van der Waals surface area contributed by atoms with Crippen LogP contribution < -0.4 is 10.6 Å². The van der Waals surface area contributed by atoms with Crippen LogP contribution in [0.5, 0.6) is 0 Å². The molecule has 1 fully saturated rings. The molecule has 10 nitrogen and oxygen atoms in total. The lowest BCUT2D eigenvalue weighted by Crippen LogP contribution is -2.43. The summed E-state index contributed by atoms with van der Waals surface area (Å²) in [6, 6.07) is 7.93. The maximum absolute atomic E-state index is 12.7. The molecular formula is C27H37N3O7. The molecule has 1 heterocycles. The van der Waals surface area contributed by atoms with Gasteiger partial charge in [-0.25, -0.2) is 9.59 Å². The number of nitrogens with zero attached hydrogens (tertiary/aromatic N) is 1. The molecule has 2 rings (SSSR count). The quantitative estimate of drug-likeness (QED) is 0.185. The number of aliphatic hydroxyl groups is 1. The summed E-state index contributed by atoms with van der Waals surface area (Å²) in [5.41, 5.74) is 0.807.